The van der Waals surface area contributed by atoms with E-state index in [-0.39, 0.29) is 4.90 Å². The van der Waals surface area contributed by atoms with Gasteiger partial charge in [-0.25, -0.2) is 8.42 Å². The number of methoxy groups -OCH3 is 1. The molecule has 0 aliphatic heterocycles. The molecule has 0 radical (unpaired) electrons. The maximum atomic E-state index is 11.3. The quantitative estimate of drug-likeness (QED) is 0.634. The second kappa shape index (κ2) is 6.21. The fraction of sp³-hybridized carbons (Fsp3) is 0.364. The Labute approximate surface area is 111 Å². The number of hydrogen-bond acceptors (Lipinski definition) is 6. The Morgan fingerprint density at radius 3 is 2.39 bits per heavy atom. The van der Waals surface area contributed by atoms with Crippen molar-refractivity contribution in [3.05, 3.63) is 24.3 Å². The highest BCUT2D eigenvalue weighted by molar-refractivity contribution is 7.99. The SMILES string of the molecule is COC(=O)C(N)CSc1ccc(S(C)(=O)=O)cc1. The van der Waals surface area contributed by atoms with Gasteiger partial charge in [-0.05, 0) is 24.3 Å². The number of carbonyl (C=O) groups is 1. The van der Waals surface area contributed by atoms with Crippen LogP contribution < -0.4 is 5.73 Å². The molecule has 0 aliphatic carbocycles. The lowest BCUT2D eigenvalue weighted by Gasteiger charge is -2.08. The van der Waals surface area contributed by atoms with Crippen LogP contribution in [0.5, 0.6) is 0 Å². The smallest absolute Gasteiger partial charge is 0.323 e. The summed E-state index contributed by atoms with van der Waals surface area (Å²) in [7, 11) is -1.89. The van der Waals surface area contributed by atoms with Crippen molar-refractivity contribution in [3.63, 3.8) is 0 Å². The number of thioether (sulfide) groups is 1. The van der Waals surface area contributed by atoms with E-state index in [1.165, 1.54) is 31.0 Å². The van der Waals surface area contributed by atoms with Crippen molar-refractivity contribution in [2.45, 2.75) is 15.8 Å². The van der Waals surface area contributed by atoms with Crippen LogP contribution in [-0.2, 0) is 19.4 Å². The summed E-state index contributed by atoms with van der Waals surface area (Å²) in [5.41, 5.74) is 5.58. The highest BCUT2D eigenvalue weighted by atomic mass is 32.2. The fourth-order valence-electron chi connectivity index (χ4n) is 1.19. The van der Waals surface area contributed by atoms with Gasteiger partial charge in [0, 0.05) is 16.9 Å². The first-order valence-electron chi connectivity index (χ1n) is 5.11. The van der Waals surface area contributed by atoms with Gasteiger partial charge < -0.3 is 10.5 Å². The topological polar surface area (TPSA) is 86.5 Å². The van der Waals surface area contributed by atoms with Gasteiger partial charge in [-0.3, -0.25) is 4.79 Å². The zero-order valence-corrected chi connectivity index (χ0v) is 11.8. The molecule has 1 rings (SSSR count). The molecule has 100 valence electrons. The summed E-state index contributed by atoms with van der Waals surface area (Å²) in [6.45, 7) is 0. The first-order chi connectivity index (χ1) is 8.34. The Hall–Kier alpha value is -1.05. The molecule has 1 unspecified atom stereocenters. The number of carbonyl (C=O) groups excluding carboxylic acids is 1. The van der Waals surface area contributed by atoms with Crippen molar-refractivity contribution in [3.8, 4) is 0 Å². The van der Waals surface area contributed by atoms with Gasteiger partial charge in [0.25, 0.3) is 0 Å². The Balaban J connectivity index is 2.63. The van der Waals surface area contributed by atoms with E-state index in [0.29, 0.717) is 5.75 Å². The summed E-state index contributed by atoms with van der Waals surface area (Å²) in [6.07, 6.45) is 1.16. The van der Waals surface area contributed by atoms with Crippen LogP contribution in [0.2, 0.25) is 0 Å². The predicted molar refractivity (Wildman–Crippen MR) is 70.3 cm³/mol. The largest absolute Gasteiger partial charge is 0.468 e. The molecule has 1 aromatic carbocycles. The molecule has 2 N–H and O–H groups in total. The lowest BCUT2D eigenvalue weighted by Crippen LogP contribution is -2.33. The average molecular weight is 289 g/mol. The van der Waals surface area contributed by atoms with E-state index < -0.39 is 21.8 Å². The van der Waals surface area contributed by atoms with E-state index in [1.807, 2.05) is 0 Å². The van der Waals surface area contributed by atoms with Crippen molar-refractivity contribution in [2.75, 3.05) is 19.1 Å². The number of nitrogens with two attached hydrogens (primary N) is 1. The predicted octanol–water partition coefficient (Wildman–Crippen LogP) is 0.682. The number of benzene rings is 1. The Morgan fingerprint density at radius 1 is 1.39 bits per heavy atom. The van der Waals surface area contributed by atoms with Gasteiger partial charge >= 0.3 is 5.97 Å². The van der Waals surface area contributed by atoms with E-state index >= 15 is 0 Å². The lowest BCUT2D eigenvalue weighted by atomic mass is 10.4. The Bertz CT molecular complexity index is 510. The van der Waals surface area contributed by atoms with E-state index in [1.54, 1.807) is 12.1 Å². The summed E-state index contributed by atoms with van der Waals surface area (Å²) < 4.78 is 27.0. The van der Waals surface area contributed by atoms with Crippen LogP contribution in [-0.4, -0.2) is 39.5 Å². The molecular formula is C11H15NO4S2. The molecular weight excluding hydrogens is 274 g/mol. The van der Waals surface area contributed by atoms with Crippen LogP contribution in [0.4, 0.5) is 0 Å². The van der Waals surface area contributed by atoms with E-state index in [9.17, 15) is 13.2 Å². The number of sulfone groups is 1. The summed E-state index contributed by atoms with van der Waals surface area (Å²) in [6, 6.07) is 5.74. The fourth-order valence-corrected chi connectivity index (χ4v) is 2.66. The Kier molecular flexibility index (Phi) is 5.18. The number of esters is 1. The van der Waals surface area contributed by atoms with Crippen molar-refractivity contribution in [2.24, 2.45) is 5.73 Å². The molecule has 0 heterocycles. The second-order valence-corrected chi connectivity index (χ2v) is 6.79. The van der Waals surface area contributed by atoms with Crippen LogP contribution in [0.25, 0.3) is 0 Å². The highest BCUT2D eigenvalue weighted by Gasteiger charge is 2.14. The van der Waals surface area contributed by atoms with Crippen molar-refractivity contribution < 1.29 is 17.9 Å². The van der Waals surface area contributed by atoms with Crippen molar-refractivity contribution in [1.29, 1.82) is 0 Å². The molecule has 5 nitrogen and oxygen atoms in total. The minimum absolute atomic E-state index is 0.268. The molecule has 0 spiro atoms. The standard InChI is InChI=1S/C11H15NO4S2/c1-16-11(13)10(12)7-17-8-3-5-9(6-4-8)18(2,14)15/h3-6,10H,7,12H2,1-2H3. The van der Waals surface area contributed by atoms with Crippen molar-refractivity contribution in [1.82, 2.24) is 0 Å². The summed E-state index contributed by atoms with van der Waals surface area (Å²) in [5, 5.41) is 0. The summed E-state index contributed by atoms with van der Waals surface area (Å²) in [4.78, 5) is 12.2. The van der Waals surface area contributed by atoms with Crippen LogP contribution in [0.1, 0.15) is 0 Å². The van der Waals surface area contributed by atoms with Crippen molar-refractivity contribution >= 4 is 27.6 Å². The van der Waals surface area contributed by atoms with Crippen LogP contribution >= 0.6 is 11.8 Å². The zero-order chi connectivity index (χ0) is 13.8. The monoisotopic (exact) mass is 289 g/mol. The molecule has 0 fully saturated rings. The molecule has 0 saturated carbocycles. The van der Waals surface area contributed by atoms with Gasteiger partial charge in [0.15, 0.2) is 9.84 Å². The molecule has 1 atom stereocenters. The molecule has 0 aromatic heterocycles. The third-order valence-electron chi connectivity index (χ3n) is 2.19. The van der Waals surface area contributed by atoms with Gasteiger partial charge in [0.1, 0.15) is 6.04 Å². The van der Waals surface area contributed by atoms with Gasteiger partial charge in [0.05, 0.1) is 12.0 Å². The molecule has 0 aliphatic rings. The molecule has 18 heavy (non-hydrogen) atoms. The summed E-state index contributed by atoms with van der Waals surface area (Å²) in [5.74, 6) is -0.0829. The first kappa shape index (κ1) is 15.0. The zero-order valence-electron chi connectivity index (χ0n) is 10.1. The van der Waals surface area contributed by atoms with Crippen LogP contribution in [0.3, 0.4) is 0 Å². The lowest BCUT2D eigenvalue weighted by molar-refractivity contribution is -0.141. The third-order valence-corrected chi connectivity index (χ3v) is 4.45. The Morgan fingerprint density at radius 2 is 1.94 bits per heavy atom. The molecule has 0 bridgehead atoms. The molecule has 0 saturated heterocycles. The minimum Gasteiger partial charge on any atom is -0.468 e. The third kappa shape index (κ3) is 4.32. The summed E-state index contributed by atoms with van der Waals surface area (Å²) >= 11 is 1.37. The van der Waals surface area contributed by atoms with Crippen LogP contribution in [0, 0.1) is 0 Å². The van der Waals surface area contributed by atoms with Crippen LogP contribution in [0.15, 0.2) is 34.1 Å². The second-order valence-electron chi connectivity index (χ2n) is 3.68. The molecule has 0 amide bonds. The minimum atomic E-state index is -3.18. The van der Waals surface area contributed by atoms with Gasteiger partial charge in [-0.2, -0.15) is 0 Å². The molecule has 7 heteroatoms. The maximum absolute atomic E-state index is 11.3. The highest BCUT2D eigenvalue weighted by Crippen LogP contribution is 2.20. The van der Waals surface area contributed by atoms with Gasteiger partial charge in [0.2, 0.25) is 0 Å². The number of hydrogen-bond donors (Lipinski definition) is 1. The molecule has 1 aromatic rings. The maximum Gasteiger partial charge on any atom is 0.323 e. The van der Waals surface area contributed by atoms with E-state index in [2.05, 4.69) is 4.74 Å². The number of ether oxygens (including phenoxy) is 1. The van der Waals surface area contributed by atoms with Gasteiger partial charge in [-0.15, -0.1) is 11.8 Å². The normalized spacial score (nSPS) is 13.1. The van der Waals surface area contributed by atoms with E-state index in [0.717, 1.165) is 11.2 Å². The average Bonchev–Trinajstić information content (AvgIpc) is 2.34. The number of rotatable bonds is 5. The van der Waals surface area contributed by atoms with E-state index in [4.69, 9.17) is 5.73 Å². The van der Waals surface area contributed by atoms with Gasteiger partial charge in [-0.1, -0.05) is 0 Å². The first-order valence-corrected chi connectivity index (χ1v) is 7.98.